The van der Waals surface area contributed by atoms with Crippen LogP contribution in [0.5, 0.6) is 6.01 Å². The van der Waals surface area contributed by atoms with Crippen molar-refractivity contribution in [1.29, 1.82) is 0 Å². The number of nitrogens with one attached hydrogen (secondary N) is 2. The predicted octanol–water partition coefficient (Wildman–Crippen LogP) is 0.310. The lowest BCUT2D eigenvalue weighted by Crippen LogP contribution is -2.31. The van der Waals surface area contributed by atoms with Gasteiger partial charge in [0.1, 0.15) is 0 Å². The second kappa shape index (κ2) is 7.20. The molecule has 0 aromatic carbocycles. The second-order valence-corrected chi connectivity index (χ2v) is 5.08. The van der Waals surface area contributed by atoms with Gasteiger partial charge in [0.2, 0.25) is 11.9 Å². The van der Waals surface area contributed by atoms with E-state index in [9.17, 15) is 0 Å². The summed E-state index contributed by atoms with van der Waals surface area (Å²) in [7, 11) is 3.69. The van der Waals surface area contributed by atoms with Gasteiger partial charge in [-0.25, -0.2) is 5.84 Å². The number of likely N-dealkylation sites (tertiary alicyclic amines) is 1. The van der Waals surface area contributed by atoms with Gasteiger partial charge in [-0.1, -0.05) is 0 Å². The van der Waals surface area contributed by atoms with Crippen LogP contribution >= 0.6 is 0 Å². The average Bonchev–Trinajstić information content (AvgIpc) is 2.49. The molecule has 8 nitrogen and oxygen atoms in total. The molecule has 2 heterocycles. The second-order valence-electron chi connectivity index (χ2n) is 5.08. The van der Waals surface area contributed by atoms with Crippen LogP contribution in [0.3, 0.4) is 0 Å². The topological polar surface area (TPSA) is 101 Å². The van der Waals surface area contributed by atoms with Gasteiger partial charge in [-0.2, -0.15) is 15.0 Å². The van der Waals surface area contributed by atoms with E-state index in [1.54, 1.807) is 0 Å². The molecule has 0 amide bonds. The van der Waals surface area contributed by atoms with Crippen LogP contribution in [0.15, 0.2) is 0 Å². The number of hydrazine groups is 1. The van der Waals surface area contributed by atoms with Crippen molar-refractivity contribution in [2.45, 2.75) is 19.3 Å². The van der Waals surface area contributed by atoms with Crippen LogP contribution in [0.2, 0.25) is 0 Å². The maximum absolute atomic E-state index is 5.31. The van der Waals surface area contributed by atoms with Gasteiger partial charge in [0, 0.05) is 6.54 Å². The normalized spacial score (nSPS) is 16.9. The molecule has 0 bridgehead atoms. The maximum Gasteiger partial charge on any atom is 0.322 e. The van der Waals surface area contributed by atoms with Gasteiger partial charge >= 0.3 is 6.01 Å². The molecule has 20 heavy (non-hydrogen) atoms. The predicted molar refractivity (Wildman–Crippen MR) is 77.5 cm³/mol. The number of piperidine rings is 1. The summed E-state index contributed by atoms with van der Waals surface area (Å²) in [6, 6.07) is 0.245. The molecule has 0 radical (unpaired) electrons. The standard InChI is InChI=1S/C12H23N7O/c1-19-7-4-9(5-8-19)3-6-14-10-15-11(18-13)17-12(16-10)20-2/h9H,3-8,13H2,1-2H3,(H2,14,15,16,17,18). The van der Waals surface area contributed by atoms with E-state index < -0.39 is 0 Å². The Morgan fingerprint density at radius 2 is 1.95 bits per heavy atom. The average molecular weight is 281 g/mol. The van der Waals surface area contributed by atoms with Crippen molar-refractivity contribution in [3.05, 3.63) is 0 Å². The van der Waals surface area contributed by atoms with Gasteiger partial charge in [0.15, 0.2) is 0 Å². The van der Waals surface area contributed by atoms with E-state index in [2.05, 4.69) is 37.6 Å². The number of nitrogen functional groups attached to an aromatic ring is 1. The van der Waals surface area contributed by atoms with Crippen LogP contribution in [-0.4, -0.2) is 53.6 Å². The molecule has 1 saturated heterocycles. The van der Waals surface area contributed by atoms with E-state index in [0.717, 1.165) is 18.9 Å². The third-order valence-electron chi connectivity index (χ3n) is 3.60. The Morgan fingerprint density at radius 3 is 2.60 bits per heavy atom. The molecule has 1 aromatic rings. The van der Waals surface area contributed by atoms with Crippen LogP contribution in [-0.2, 0) is 0 Å². The van der Waals surface area contributed by atoms with Crippen molar-refractivity contribution < 1.29 is 4.74 Å². The molecule has 112 valence electrons. The van der Waals surface area contributed by atoms with Crippen molar-refractivity contribution in [3.8, 4) is 6.01 Å². The highest BCUT2D eigenvalue weighted by atomic mass is 16.5. The summed E-state index contributed by atoms with van der Waals surface area (Å²) in [5.41, 5.74) is 2.40. The Balaban J connectivity index is 1.81. The Labute approximate surface area is 119 Å². The van der Waals surface area contributed by atoms with E-state index in [4.69, 9.17) is 10.6 Å². The lowest BCUT2D eigenvalue weighted by molar-refractivity contribution is 0.215. The summed E-state index contributed by atoms with van der Waals surface area (Å²) < 4.78 is 5.00. The van der Waals surface area contributed by atoms with Crippen LogP contribution in [0.4, 0.5) is 11.9 Å². The van der Waals surface area contributed by atoms with E-state index in [1.165, 1.54) is 33.0 Å². The molecule has 0 aliphatic carbocycles. The molecule has 0 spiro atoms. The zero-order chi connectivity index (χ0) is 14.4. The van der Waals surface area contributed by atoms with Gasteiger partial charge in [-0.15, -0.1) is 0 Å². The van der Waals surface area contributed by atoms with Gasteiger partial charge in [-0.05, 0) is 45.3 Å². The summed E-state index contributed by atoms with van der Waals surface area (Å²) >= 11 is 0. The molecule has 4 N–H and O–H groups in total. The summed E-state index contributed by atoms with van der Waals surface area (Å²) in [6.07, 6.45) is 3.63. The first-order valence-electron chi connectivity index (χ1n) is 6.90. The van der Waals surface area contributed by atoms with Crippen molar-refractivity contribution in [2.75, 3.05) is 44.5 Å². The van der Waals surface area contributed by atoms with Crippen molar-refractivity contribution in [2.24, 2.45) is 11.8 Å². The minimum Gasteiger partial charge on any atom is -0.467 e. The maximum atomic E-state index is 5.31. The van der Waals surface area contributed by atoms with Gasteiger partial charge < -0.3 is 15.0 Å². The zero-order valence-electron chi connectivity index (χ0n) is 12.1. The summed E-state index contributed by atoms with van der Waals surface area (Å²) in [6.45, 7) is 3.21. The lowest BCUT2D eigenvalue weighted by atomic mass is 9.94. The molecule has 0 atom stereocenters. The first-order chi connectivity index (χ1) is 9.71. The van der Waals surface area contributed by atoms with Gasteiger partial charge in [-0.3, -0.25) is 5.43 Å². The molecular weight excluding hydrogens is 258 g/mol. The number of methoxy groups -OCH3 is 1. The quantitative estimate of drug-likeness (QED) is 0.506. The van der Waals surface area contributed by atoms with Crippen LogP contribution < -0.4 is 21.3 Å². The molecule has 0 unspecified atom stereocenters. The summed E-state index contributed by atoms with van der Waals surface area (Å²) in [4.78, 5) is 14.6. The number of aromatic nitrogens is 3. The largest absolute Gasteiger partial charge is 0.467 e. The highest BCUT2D eigenvalue weighted by Gasteiger charge is 2.16. The molecule has 1 fully saturated rings. The van der Waals surface area contributed by atoms with Crippen molar-refractivity contribution >= 4 is 11.9 Å². The minimum absolute atomic E-state index is 0.245. The molecule has 1 aromatic heterocycles. The van der Waals surface area contributed by atoms with Crippen LogP contribution in [0, 0.1) is 5.92 Å². The monoisotopic (exact) mass is 281 g/mol. The molecule has 2 rings (SSSR count). The van der Waals surface area contributed by atoms with E-state index in [0.29, 0.717) is 11.9 Å². The lowest BCUT2D eigenvalue weighted by Gasteiger charge is -2.28. The third-order valence-corrected chi connectivity index (χ3v) is 3.60. The fourth-order valence-electron chi connectivity index (χ4n) is 2.33. The smallest absolute Gasteiger partial charge is 0.322 e. The Bertz CT molecular complexity index is 398. The highest BCUT2D eigenvalue weighted by molar-refractivity contribution is 5.34. The Morgan fingerprint density at radius 1 is 1.25 bits per heavy atom. The molecular formula is C12H23N7O. The number of hydrogen-bond donors (Lipinski definition) is 3. The highest BCUT2D eigenvalue weighted by Crippen LogP contribution is 2.19. The SMILES string of the molecule is COc1nc(NN)nc(NCCC2CCN(C)CC2)n1. The van der Waals surface area contributed by atoms with E-state index in [-0.39, 0.29) is 6.01 Å². The summed E-state index contributed by atoms with van der Waals surface area (Å²) in [5, 5.41) is 3.20. The number of rotatable bonds is 6. The minimum atomic E-state index is 0.245. The molecule has 8 heteroatoms. The molecule has 1 aliphatic heterocycles. The van der Waals surface area contributed by atoms with Gasteiger partial charge in [0.25, 0.3) is 0 Å². The summed E-state index contributed by atoms with van der Waals surface area (Å²) in [5.74, 6) is 6.86. The fraction of sp³-hybridized carbons (Fsp3) is 0.750. The first kappa shape index (κ1) is 14.7. The fourth-order valence-corrected chi connectivity index (χ4v) is 2.33. The van der Waals surface area contributed by atoms with Crippen LogP contribution in [0.1, 0.15) is 19.3 Å². The van der Waals surface area contributed by atoms with Crippen molar-refractivity contribution in [3.63, 3.8) is 0 Å². The number of anilines is 2. The first-order valence-corrected chi connectivity index (χ1v) is 6.90. The van der Waals surface area contributed by atoms with Crippen LogP contribution in [0.25, 0.3) is 0 Å². The number of nitrogens with two attached hydrogens (primary N) is 1. The molecule has 0 saturated carbocycles. The number of nitrogens with zero attached hydrogens (tertiary/aromatic N) is 4. The van der Waals surface area contributed by atoms with Crippen molar-refractivity contribution in [1.82, 2.24) is 19.9 Å². The number of ether oxygens (including phenoxy) is 1. The molecule has 1 aliphatic rings. The van der Waals surface area contributed by atoms with Gasteiger partial charge in [0.05, 0.1) is 7.11 Å². The number of hydrogen-bond acceptors (Lipinski definition) is 8. The Hall–Kier alpha value is -1.67. The zero-order valence-corrected chi connectivity index (χ0v) is 12.1. The third kappa shape index (κ3) is 4.17. The van der Waals surface area contributed by atoms with E-state index >= 15 is 0 Å². The Kier molecular flexibility index (Phi) is 5.31. The van der Waals surface area contributed by atoms with E-state index in [1.807, 2.05) is 0 Å².